The zero-order valence-electron chi connectivity index (χ0n) is 10.2. The molecule has 1 unspecified atom stereocenters. The maximum absolute atomic E-state index is 12.1. The maximum Gasteiger partial charge on any atom is 0.278 e. The van der Waals surface area contributed by atoms with E-state index in [1.807, 2.05) is 19.1 Å². The van der Waals surface area contributed by atoms with Gasteiger partial charge in [-0.15, -0.1) is 16.9 Å². The van der Waals surface area contributed by atoms with Gasteiger partial charge in [-0.05, 0) is 18.6 Å². The van der Waals surface area contributed by atoms with E-state index in [0.717, 1.165) is 12.2 Å². The van der Waals surface area contributed by atoms with E-state index in [9.17, 15) is 4.79 Å². The Balaban J connectivity index is 2.14. The van der Waals surface area contributed by atoms with Gasteiger partial charge in [-0.3, -0.25) is 4.79 Å². The van der Waals surface area contributed by atoms with Gasteiger partial charge in [-0.25, -0.2) is 4.68 Å². The standard InChI is InChI=1S/C12H16N4OS/c1-2-9(13)7-18-8-16-12(17)10-5-3-4-6-11(10)14-15-16/h3-6,9H,2,7-8,13H2,1H3. The third-order valence-electron chi connectivity index (χ3n) is 2.70. The summed E-state index contributed by atoms with van der Waals surface area (Å²) in [6.07, 6.45) is 0.936. The van der Waals surface area contributed by atoms with Crippen molar-refractivity contribution in [3.8, 4) is 0 Å². The summed E-state index contributed by atoms with van der Waals surface area (Å²) in [5.74, 6) is 1.31. The molecule has 96 valence electrons. The number of hydrogen-bond acceptors (Lipinski definition) is 5. The SMILES string of the molecule is CCC(N)CSCn1nnc2ccccc2c1=O. The first kappa shape index (κ1) is 13.0. The summed E-state index contributed by atoms with van der Waals surface area (Å²) in [5, 5.41) is 8.55. The van der Waals surface area contributed by atoms with Crippen LogP contribution in [-0.4, -0.2) is 26.8 Å². The lowest BCUT2D eigenvalue weighted by Gasteiger charge is -2.08. The number of fused-ring (bicyclic) bond motifs is 1. The lowest BCUT2D eigenvalue weighted by atomic mass is 10.2. The molecule has 0 saturated carbocycles. The van der Waals surface area contributed by atoms with Gasteiger partial charge in [0.05, 0.1) is 11.3 Å². The molecule has 0 amide bonds. The van der Waals surface area contributed by atoms with Crippen LogP contribution in [0.3, 0.4) is 0 Å². The molecule has 18 heavy (non-hydrogen) atoms. The lowest BCUT2D eigenvalue weighted by molar-refractivity contribution is 0.642. The summed E-state index contributed by atoms with van der Waals surface area (Å²) < 4.78 is 1.38. The molecule has 1 aromatic heterocycles. The zero-order valence-corrected chi connectivity index (χ0v) is 11.1. The van der Waals surface area contributed by atoms with Crippen molar-refractivity contribution >= 4 is 22.7 Å². The van der Waals surface area contributed by atoms with E-state index in [1.54, 1.807) is 23.9 Å². The number of nitrogens with two attached hydrogens (primary N) is 1. The molecule has 0 saturated heterocycles. The summed E-state index contributed by atoms with van der Waals surface area (Å²) in [4.78, 5) is 12.1. The van der Waals surface area contributed by atoms with E-state index < -0.39 is 0 Å². The van der Waals surface area contributed by atoms with Crippen molar-refractivity contribution in [1.29, 1.82) is 0 Å². The Bertz CT molecular complexity index is 584. The first-order valence-corrected chi connectivity index (χ1v) is 7.03. The molecule has 2 N–H and O–H groups in total. The Morgan fingerprint density at radius 3 is 3.00 bits per heavy atom. The Labute approximate surface area is 109 Å². The van der Waals surface area contributed by atoms with Gasteiger partial charge in [0.25, 0.3) is 5.56 Å². The van der Waals surface area contributed by atoms with Gasteiger partial charge in [-0.1, -0.05) is 24.3 Å². The van der Waals surface area contributed by atoms with Crippen LogP contribution in [0.5, 0.6) is 0 Å². The topological polar surface area (TPSA) is 73.8 Å². The number of aromatic nitrogens is 3. The minimum Gasteiger partial charge on any atom is -0.327 e. The minimum absolute atomic E-state index is 0.0989. The third-order valence-corrected chi connectivity index (χ3v) is 3.79. The van der Waals surface area contributed by atoms with Gasteiger partial charge in [0, 0.05) is 11.8 Å². The predicted octanol–water partition coefficient (Wildman–Crippen LogP) is 1.22. The van der Waals surface area contributed by atoms with Crippen molar-refractivity contribution in [2.45, 2.75) is 25.3 Å². The molecular formula is C12H16N4OS. The summed E-state index contributed by atoms with van der Waals surface area (Å²) >= 11 is 1.60. The molecule has 2 aromatic rings. The monoisotopic (exact) mass is 264 g/mol. The summed E-state index contributed by atoms with van der Waals surface area (Å²) in [7, 11) is 0. The van der Waals surface area contributed by atoms with E-state index in [2.05, 4.69) is 10.3 Å². The van der Waals surface area contributed by atoms with Crippen LogP contribution in [0.25, 0.3) is 10.9 Å². The highest BCUT2D eigenvalue weighted by atomic mass is 32.2. The Morgan fingerprint density at radius 2 is 2.22 bits per heavy atom. The van der Waals surface area contributed by atoms with Crippen molar-refractivity contribution < 1.29 is 0 Å². The molecule has 6 heteroatoms. The molecule has 0 bridgehead atoms. The average Bonchev–Trinajstić information content (AvgIpc) is 2.41. The smallest absolute Gasteiger partial charge is 0.278 e. The van der Waals surface area contributed by atoms with Crippen LogP contribution in [0.4, 0.5) is 0 Å². The van der Waals surface area contributed by atoms with Gasteiger partial charge >= 0.3 is 0 Å². The highest BCUT2D eigenvalue weighted by Crippen LogP contribution is 2.07. The number of rotatable bonds is 5. The van der Waals surface area contributed by atoms with E-state index in [1.165, 1.54) is 4.68 Å². The van der Waals surface area contributed by atoms with Crippen molar-refractivity contribution in [1.82, 2.24) is 15.0 Å². The van der Waals surface area contributed by atoms with Gasteiger partial charge < -0.3 is 5.73 Å². The molecule has 2 rings (SSSR count). The zero-order chi connectivity index (χ0) is 13.0. The van der Waals surface area contributed by atoms with Gasteiger partial charge in [0.2, 0.25) is 0 Å². The molecule has 5 nitrogen and oxygen atoms in total. The number of benzene rings is 1. The molecule has 1 heterocycles. The Morgan fingerprint density at radius 1 is 1.44 bits per heavy atom. The maximum atomic E-state index is 12.1. The molecule has 0 aliphatic carbocycles. The second-order valence-electron chi connectivity index (χ2n) is 4.08. The van der Waals surface area contributed by atoms with Crippen molar-refractivity contribution in [3.63, 3.8) is 0 Å². The van der Waals surface area contributed by atoms with Crippen LogP contribution in [0.2, 0.25) is 0 Å². The summed E-state index contributed by atoms with van der Waals surface area (Å²) in [5.41, 5.74) is 6.36. The van der Waals surface area contributed by atoms with Gasteiger partial charge in [0.15, 0.2) is 0 Å². The fourth-order valence-corrected chi connectivity index (χ4v) is 2.50. The second kappa shape index (κ2) is 5.97. The first-order valence-electron chi connectivity index (χ1n) is 5.88. The largest absolute Gasteiger partial charge is 0.327 e. The second-order valence-corrected chi connectivity index (χ2v) is 5.08. The molecular weight excluding hydrogens is 248 g/mol. The Kier molecular flexibility index (Phi) is 4.33. The van der Waals surface area contributed by atoms with Crippen LogP contribution >= 0.6 is 11.8 Å². The fourth-order valence-electron chi connectivity index (χ4n) is 1.52. The van der Waals surface area contributed by atoms with Crippen LogP contribution in [0.1, 0.15) is 13.3 Å². The lowest BCUT2D eigenvalue weighted by Crippen LogP contribution is -2.25. The molecule has 0 aliphatic rings. The van der Waals surface area contributed by atoms with E-state index in [0.29, 0.717) is 16.8 Å². The highest BCUT2D eigenvalue weighted by molar-refractivity contribution is 7.98. The molecule has 1 atom stereocenters. The first-order chi connectivity index (χ1) is 8.72. The highest BCUT2D eigenvalue weighted by Gasteiger charge is 2.05. The third kappa shape index (κ3) is 2.88. The van der Waals surface area contributed by atoms with Crippen LogP contribution < -0.4 is 11.3 Å². The molecule has 0 aliphatic heterocycles. The van der Waals surface area contributed by atoms with E-state index in [4.69, 9.17) is 5.73 Å². The van der Waals surface area contributed by atoms with Crippen molar-refractivity contribution in [3.05, 3.63) is 34.6 Å². The number of nitrogens with zero attached hydrogens (tertiary/aromatic N) is 3. The molecule has 0 fully saturated rings. The van der Waals surface area contributed by atoms with E-state index in [-0.39, 0.29) is 11.6 Å². The van der Waals surface area contributed by atoms with Crippen LogP contribution in [0, 0.1) is 0 Å². The quantitative estimate of drug-likeness (QED) is 0.879. The van der Waals surface area contributed by atoms with Crippen molar-refractivity contribution in [2.24, 2.45) is 5.73 Å². The normalized spacial score (nSPS) is 12.8. The molecule has 1 aromatic carbocycles. The average molecular weight is 264 g/mol. The summed E-state index contributed by atoms with van der Waals surface area (Å²) in [6.45, 7) is 2.05. The van der Waals surface area contributed by atoms with Gasteiger partial charge in [-0.2, -0.15) is 0 Å². The number of hydrogen-bond donors (Lipinski definition) is 1. The Hall–Kier alpha value is -1.40. The van der Waals surface area contributed by atoms with E-state index >= 15 is 0 Å². The van der Waals surface area contributed by atoms with Crippen molar-refractivity contribution in [2.75, 3.05) is 5.75 Å². The summed E-state index contributed by atoms with van der Waals surface area (Å²) in [6, 6.07) is 7.39. The number of thioether (sulfide) groups is 1. The molecule has 0 radical (unpaired) electrons. The molecule has 0 spiro atoms. The minimum atomic E-state index is -0.0989. The predicted molar refractivity (Wildman–Crippen MR) is 74.5 cm³/mol. The van der Waals surface area contributed by atoms with Gasteiger partial charge in [0.1, 0.15) is 5.52 Å². The van der Waals surface area contributed by atoms with Crippen LogP contribution in [0.15, 0.2) is 29.1 Å². The van der Waals surface area contributed by atoms with Crippen LogP contribution in [-0.2, 0) is 5.88 Å². The fraction of sp³-hybridized carbons (Fsp3) is 0.417.